The normalized spacial score (nSPS) is 19.4. The molecule has 2 aliphatic rings. The van der Waals surface area contributed by atoms with E-state index >= 15 is 0 Å². The van der Waals surface area contributed by atoms with Crippen molar-refractivity contribution in [2.24, 2.45) is 10.9 Å². The number of hydrogen-bond acceptors (Lipinski definition) is 3. The van der Waals surface area contributed by atoms with E-state index in [-0.39, 0.29) is 18.5 Å². The van der Waals surface area contributed by atoms with E-state index in [1.54, 1.807) is 12.1 Å². The molecule has 5 aromatic carbocycles. The number of rotatable bonds is 6. The second-order valence-electron chi connectivity index (χ2n) is 10.5. The summed E-state index contributed by atoms with van der Waals surface area (Å²) in [6.07, 6.45) is 7.63. The Bertz CT molecular complexity index is 1740. The zero-order valence-corrected chi connectivity index (χ0v) is 22.0. The fourth-order valence-electron chi connectivity index (χ4n) is 6.09. The van der Waals surface area contributed by atoms with Gasteiger partial charge in [-0.1, -0.05) is 91.0 Å². The molecule has 196 valence electrons. The maximum absolute atomic E-state index is 14.2. The maximum Gasteiger partial charge on any atom is 0.129 e. The number of aliphatic imine (C=N–C) groups is 1. The number of halogens is 1. The smallest absolute Gasteiger partial charge is 0.129 e. The molecule has 1 heterocycles. The molecule has 7 rings (SSSR count). The minimum Gasteiger partial charge on any atom is -0.488 e. The highest BCUT2D eigenvalue weighted by molar-refractivity contribution is 6.03. The van der Waals surface area contributed by atoms with E-state index in [0.717, 1.165) is 28.4 Å². The predicted octanol–water partition coefficient (Wildman–Crippen LogP) is 9.13. The average molecular weight is 525 g/mol. The quantitative estimate of drug-likeness (QED) is 0.177. The topological polar surface area (TPSA) is 33.6 Å². The molecule has 0 unspecified atom stereocenters. The third-order valence-corrected chi connectivity index (χ3v) is 8.14. The summed E-state index contributed by atoms with van der Waals surface area (Å²) >= 11 is 0. The highest BCUT2D eigenvalue weighted by Gasteiger charge is 2.37. The molecule has 0 spiro atoms. The lowest BCUT2D eigenvalue weighted by Crippen LogP contribution is -2.28. The molecule has 40 heavy (non-hydrogen) atoms. The summed E-state index contributed by atoms with van der Waals surface area (Å²) in [6.45, 7) is 0.148. The molecule has 0 saturated heterocycles. The van der Waals surface area contributed by atoms with Crippen LogP contribution in [0.25, 0.3) is 10.8 Å². The summed E-state index contributed by atoms with van der Waals surface area (Å²) in [7, 11) is 0. The van der Waals surface area contributed by atoms with Gasteiger partial charge in [-0.25, -0.2) is 4.39 Å². The molecule has 4 heteroatoms. The fourth-order valence-corrected chi connectivity index (χ4v) is 6.09. The van der Waals surface area contributed by atoms with Crippen LogP contribution in [-0.4, -0.2) is 6.21 Å². The monoisotopic (exact) mass is 524 g/mol. The molecule has 1 aliphatic heterocycles. The van der Waals surface area contributed by atoms with Gasteiger partial charge in [0, 0.05) is 28.9 Å². The molecule has 1 N–H and O–H groups in total. The number of para-hydroxylation sites is 1. The van der Waals surface area contributed by atoms with Gasteiger partial charge in [-0.15, -0.1) is 0 Å². The number of nitrogens with zero attached hydrogens (tertiary/aromatic N) is 1. The van der Waals surface area contributed by atoms with Gasteiger partial charge in [0.15, 0.2) is 0 Å². The van der Waals surface area contributed by atoms with E-state index < -0.39 is 0 Å². The minimum atomic E-state index is -0.269. The lowest BCUT2D eigenvalue weighted by molar-refractivity contribution is 0.300. The second-order valence-corrected chi connectivity index (χ2v) is 10.5. The van der Waals surface area contributed by atoms with Gasteiger partial charge in [-0.3, -0.25) is 4.99 Å². The van der Waals surface area contributed by atoms with Crippen LogP contribution in [0.1, 0.15) is 40.6 Å². The first-order valence-electron chi connectivity index (χ1n) is 13.8. The van der Waals surface area contributed by atoms with Crippen LogP contribution in [-0.2, 0) is 6.61 Å². The van der Waals surface area contributed by atoms with Crippen LogP contribution in [0.4, 0.5) is 15.8 Å². The third-order valence-electron chi connectivity index (χ3n) is 8.14. The largest absolute Gasteiger partial charge is 0.488 e. The molecule has 0 fully saturated rings. The zero-order chi connectivity index (χ0) is 26.9. The number of fused-ring (bicyclic) bond motifs is 4. The van der Waals surface area contributed by atoms with Crippen LogP contribution in [0, 0.1) is 11.7 Å². The molecule has 0 saturated carbocycles. The van der Waals surface area contributed by atoms with E-state index in [0.29, 0.717) is 23.1 Å². The van der Waals surface area contributed by atoms with Crippen LogP contribution < -0.4 is 10.1 Å². The Labute approximate surface area is 233 Å². The molecular weight excluding hydrogens is 495 g/mol. The number of anilines is 1. The Morgan fingerprint density at radius 1 is 0.850 bits per heavy atom. The van der Waals surface area contributed by atoms with Crippen molar-refractivity contribution in [1.82, 2.24) is 0 Å². The molecular formula is C36H29FN2O. The van der Waals surface area contributed by atoms with Crippen molar-refractivity contribution in [3.8, 4) is 5.75 Å². The van der Waals surface area contributed by atoms with Gasteiger partial charge >= 0.3 is 0 Å². The van der Waals surface area contributed by atoms with E-state index in [1.807, 2.05) is 36.5 Å². The van der Waals surface area contributed by atoms with E-state index in [2.05, 4.69) is 78.1 Å². The van der Waals surface area contributed by atoms with Crippen molar-refractivity contribution < 1.29 is 9.13 Å². The van der Waals surface area contributed by atoms with Gasteiger partial charge in [0.25, 0.3) is 0 Å². The van der Waals surface area contributed by atoms with Crippen LogP contribution in [0.3, 0.4) is 0 Å². The minimum absolute atomic E-state index is 0.148. The van der Waals surface area contributed by atoms with Crippen molar-refractivity contribution in [3.63, 3.8) is 0 Å². The Kier molecular flexibility index (Phi) is 6.37. The molecule has 0 amide bonds. The Morgan fingerprint density at radius 3 is 2.55 bits per heavy atom. The first-order chi connectivity index (χ1) is 19.7. The van der Waals surface area contributed by atoms with Crippen molar-refractivity contribution in [3.05, 3.63) is 149 Å². The van der Waals surface area contributed by atoms with Gasteiger partial charge in [0.05, 0.1) is 11.7 Å². The van der Waals surface area contributed by atoms with Crippen LogP contribution in [0.2, 0.25) is 0 Å². The first kappa shape index (κ1) is 24.3. The molecule has 0 bridgehead atoms. The zero-order valence-electron chi connectivity index (χ0n) is 22.0. The lowest BCUT2D eigenvalue weighted by atomic mass is 9.77. The molecule has 0 aromatic heterocycles. The summed E-state index contributed by atoms with van der Waals surface area (Å²) in [6, 6.07) is 36.3. The molecule has 3 nitrogen and oxygen atoms in total. The Balaban J connectivity index is 1.16. The first-order valence-corrected chi connectivity index (χ1v) is 13.8. The fraction of sp³-hybridized carbons (Fsp3) is 0.139. The van der Waals surface area contributed by atoms with E-state index in [1.165, 1.54) is 22.9 Å². The van der Waals surface area contributed by atoms with Gasteiger partial charge in [-0.2, -0.15) is 0 Å². The van der Waals surface area contributed by atoms with E-state index in [9.17, 15) is 4.39 Å². The van der Waals surface area contributed by atoms with Gasteiger partial charge < -0.3 is 10.1 Å². The highest BCUT2D eigenvalue weighted by atomic mass is 19.1. The molecule has 5 aromatic rings. The number of hydrogen-bond donors (Lipinski definition) is 1. The summed E-state index contributed by atoms with van der Waals surface area (Å²) in [4.78, 5) is 4.84. The molecule has 3 atom stereocenters. The van der Waals surface area contributed by atoms with Crippen molar-refractivity contribution >= 4 is 28.4 Å². The molecule has 0 radical (unpaired) electrons. The Hall–Kier alpha value is -4.70. The number of nitrogens with one attached hydrogen (secondary N) is 1. The third kappa shape index (κ3) is 4.56. The Morgan fingerprint density at radius 2 is 1.65 bits per heavy atom. The summed E-state index contributed by atoms with van der Waals surface area (Å²) in [5.74, 6) is 1.37. The standard InChI is InChI=1S/C36H29FN2O/c37-33-14-5-2-9-26(33)23-40-35-21-18-24-8-1-3-10-28(24)32(35)22-38-27-19-16-25(17-20-27)36-31-13-7-12-29(31)30-11-4-6-15-34(30)39-36/h1-12,14-22,29,31,36,39H,13,23H2/t29-,31-,36-/m0/s1. The van der Waals surface area contributed by atoms with Crippen molar-refractivity contribution in [2.75, 3.05) is 5.32 Å². The summed E-state index contributed by atoms with van der Waals surface area (Å²) in [5.41, 5.74) is 6.15. The van der Waals surface area contributed by atoms with Gasteiger partial charge in [0.1, 0.15) is 18.2 Å². The average Bonchev–Trinajstić information content (AvgIpc) is 3.50. The summed E-state index contributed by atoms with van der Waals surface area (Å²) in [5, 5.41) is 5.94. The van der Waals surface area contributed by atoms with Crippen LogP contribution >= 0.6 is 0 Å². The second kappa shape index (κ2) is 10.5. The number of ether oxygens (including phenoxy) is 1. The summed E-state index contributed by atoms with van der Waals surface area (Å²) < 4.78 is 20.3. The SMILES string of the molecule is Fc1ccccc1COc1ccc2ccccc2c1C=Nc1ccc([C@@H]2Nc3ccccc3[C@@H]3C=CC[C@@H]32)cc1. The lowest BCUT2D eigenvalue weighted by Gasteiger charge is -2.37. The van der Waals surface area contributed by atoms with E-state index in [4.69, 9.17) is 9.73 Å². The predicted molar refractivity (Wildman–Crippen MR) is 161 cm³/mol. The van der Waals surface area contributed by atoms with Crippen molar-refractivity contribution in [1.29, 1.82) is 0 Å². The van der Waals surface area contributed by atoms with Gasteiger partial charge in [0.2, 0.25) is 0 Å². The molecule has 1 aliphatic carbocycles. The van der Waals surface area contributed by atoms with Crippen LogP contribution in [0.5, 0.6) is 5.75 Å². The number of benzene rings is 5. The maximum atomic E-state index is 14.2. The number of allylic oxidation sites excluding steroid dienone is 2. The highest BCUT2D eigenvalue weighted by Crippen LogP contribution is 2.49. The van der Waals surface area contributed by atoms with Crippen molar-refractivity contribution in [2.45, 2.75) is 25.0 Å². The van der Waals surface area contributed by atoms with Gasteiger partial charge in [-0.05, 0) is 64.6 Å². The van der Waals surface area contributed by atoms with Crippen LogP contribution in [0.15, 0.2) is 126 Å².